The van der Waals surface area contributed by atoms with E-state index in [4.69, 9.17) is 4.74 Å². The highest BCUT2D eigenvalue weighted by molar-refractivity contribution is 9.09. The Morgan fingerprint density at radius 3 is 3.00 bits per heavy atom. The quantitative estimate of drug-likeness (QED) is 0.785. The van der Waals surface area contributed by atoms with E-state index in [1.165, 1.54) is 0 Å². The number of anilines is 1. The number of aryl methyl sites for hydroxylation is 1. The largest absolute Gasteiger partial charge is 0.368 e. The van der Waals surface area contributed by atoms with Crippen LogP contribution >= 0.6 is 15.9 Å². The first-order chi connectivity index (χ1) is 8.00. The number of alkyl halides is 1. The third kappa shape index (κ3) is 3.16. The summed E-state index contributed by atoms with van der Waals surface area (Å²) in [6.07, 6.45) is 2.01. The molecule has 4 nitrogen and oxygen atoms in total. The predicted molar refractivity (Wildman–Crippen MR) is 71.7 cm³/mol. The molecule has 0 spiro atoms. The molecule has 1 aromatic rings. The van der Waals surface area contributed by atoms with Crippen LogP contribution in [0.1, 0.15) is 19.7 Å². The normalized spacial score (nSPS) is 23.8. The highest BCUT2D eigenvalue weighted by Gasteiger charge is 2.33. The molecule has 1 fully saturated rings. The second kappa shape index (κ2) is 4.90. The Morgan fingerprint density at radius 2 is 2.35 bits per heavy atom. The van der Waals surface area contributed by atoms with E-state index in [9.17, 15) is 0 Å². The molecule has 1 atom stereocenters. The number of ether oxygens (including phenoxy) is 1. The molecule has 0 amide bonds. The van der Waals surface area contributed by atoms with E-state index < -0.39 is 0 Å². The van der Waals surface area contributed by atoms with Crippen LogP contribution in [0.4, 0.5) is 5.82 Å². The molecule has 1 saturated heterocycles. The molecule has 1 unspecified atom stereocenters. The van der Waals surface area contributed by atoms with E-state index in [-0.39, 0.29) is 11.7 Å². The van der Waals surface area contributed by atoms with Crippen molar-refractivity contribution in [3.63, 3.8) is 0 Å². The lowest BCUT2D eigenvalue weighted by Gasteiger charge is -2.42. The van der Waals surface area contributed by atoms with Crippen LogP contribution in [0, 0.1) is 6.92 Å². The van der Waals surface area contributed by atoms with E-state index >= 15 is 0 Å². The van der Waals surface area contributed by atoms with E-state index in [0.29, 0.717) is 0 Å². The van der Waals surface area contributed by atoms with Crippen LogP contribution in [0.2, 0.25) is 0 Å². The van der Waals surface area contributed by atoms with Crippen molar-refractivity contribution in [2.45, 2.75) is 32.5 Å². The summed E-state index contributed by atoms with van der Waals surface area (Å²) in [6, 6.07) is 1.96. The Balaban J connectivity index is 2.20. The topological polar surface area (TPSA) is 38.2 Å². The molecule has 5 heteroatoms. The Hall–Kier alpha value is -0.680. The van der Waals surface area contributed by atoms with Crippen molar-refractivity contribution in [1.29, 1.82) is 0 Å². The number of aromatic nitrogens is 2. The Kier molecular flexibility index (Phi) is 3.68. The zero-order valence-corrected chi connectivity index (χ0v) is 12.1. The molecule has 0 radical (unpaired) electrons. The Labute approximate surface area is 111 Å². The molecule has 94 valence electrons. The van der Waals surface area contributed by atoms with Gasteiger partial charge >= 0.3 is 0 Å². The second-order valence-electron chi connectivity index (χ2n) is 5.00. The minimum atomic E-state index is -0.143. The summed E-state index contributed by atoms with van der Waals surface area (Å²) in [5.41, 5.74) is -0.143. The number of rotatable bonds is 2. The summed E-state index contributed by atoms with van der Waals surface area (Å²) in [7, 11) is 0. The molecular formula is C12H18BrN3O. The lowest BCUT2D eigenvalue weighted by Crippen LogP contribution is -2.53. The van der Waals surface area contributed by atoms with Gasteiger partial charge in [0.2, 0.25) is 0 Å². The summed E-state index contributed by atoms with van der Waals surface area (Å²) < 4.78 is 5.97. The highest BCUT2D eigenvalue weighted by Crippen LogP contribution is 2.25. The molecule has 1 aromatic heterocycles. The van der Waals surface area contributed by atoms with Gasteiger partial charge in [0.25, 0.3) is 0 Å². The van der Waals surface area contributed by atoms with Crippen molar-refractivity contribution >= 4 is 21.7 Å². The summed E-state index contributed by atoms with van der Waals surface area (Å²) in [5.74, 6) is 1.79. The van der Waals surface area contributed by atoms with Gasteiger partial charge in [0, 0.05) is 24.6 Å². The monoisotopic (exact) mass is 299 g/mol. The predicted octanol–water partition coefficient (Wildman–Crippen LogP) is 2.16. The minimum Gasteiger partial charge on any atom is -0.368 e. The van der Waals surface area contributed by atoms with Gasteiger partial charge in [-0.3, -0.25) is 0 Å². The maximum Gasteiger partial charge on any atom is 0.132 e. The second-order valence-corrected chi connectivity index (χ2v) is 5.64. The smallest absolute Gasteiger partial charge is 0.132 e. The van der Waals surface area contributed by atoms with Crippen LogP contribution in [-0.4, -0.2) is 40.1 Å². The van der Waals surface area contributed by atoms with Gasteiger partial charge in [-0.1, -0.05) is 15.9 Å². The van der Waals surface area contributed by atoms with Crippen molar-refractivity contribution in [1.82, 2.24) is 9.97 Å². The van der Waals surface area contributed by atoms with Gasteiger partial charge in [-0.05, 0) is 26.8 Å². The molecule has 1 aliphatic rings. The third-order valence-corrected chi connectivity index (χ3v) is 3.46. The fourth-order valence-corrected chi connectivity index (χ4v) is 2.51. The van der Waals surface area contributed by atoms with Crippen LogP contribution in [0.15, 0.2) is 12.3 Å². The zero-order valence-electron chi connectivity index (χ0n) is 10.5. The number of hydrogen-bond acceptors (Lipinski definition) is 4. The summed E-state index contributed by atoms with van der Waals surface area (Å²) in [4.78, 5) is 10.9. The van der Waals surface area contributed by atoms with E-state index in [0.717, 1.165) is 30.1 Å². The molecule has 2 rings (SSSR count). The van der Waals surface area contributed by atoms with E-state index in [1.807, 2.05) is 19.2 Å². The van der Waals surface area contributed by atoms with Crippen LogP contribution < -0.4 is 4.90 Å². The molecule has 0 bridgehead atoms. The molecule has 1 aliphatic heterocycles. The third-order valence-electron chi connectivity index (χ3n) is 2.74. The number of morpholine rings is 1. The summed E-state index contributed by atoms with van der Waals surface area (Å²) in [6.45, 7) is 7.86. The molecule has 17 heavy (non-hydrogen) atoms. The van der Waals surface area contributed by atoms with E-state index in [1.54, 1.807) is 0 Å². The van der Waals surface area contributed by atoms with Gasteiger partial charge in [-0.25, -0.2) is 9.97 Å². The maximum atomic E-state index is 5.97. The van der Waals surface area contributed by atoms with Crippen molar-refractivity contribution in [3.8, 4) is 0 Å². The fraction of sp³-hybridized carbons (Fsp3) is 0.667. The number of halogens is 1. The lowest BCUT2D eigenvalue weighted by atomic mass is 10.1. The Bertz CT molecular complexity index is 397. The lowest BCUT2D eigenvalue weighted by molar-refractivity contribution is -0.0726. The molecule has 0 aliphatic carbocycles. The molecule has 2 heterocycles. The van der Waals surface area contributed by atoms with Crippen molar-refractivity contribution < 1.29 is 4.74 Å². The maximum absolute atomic E-state index is 5.97. The molecule has 0 N–H and O–H groups in total. The fourth-order valence-electron chi connectivity index (χ4n) is 2.17. The Morgan fingerprint density at radius 1 is 1.59 bits per heavy atom. The standard InChI is InChI=1S/C12H18BrN3O/c1-9-14-5-4-11(15-9)16-7-10(6-13)17-12(2,3)8-16/h4-5,10H,6-8H2,1-3H3. The first kappa shape index (κ1) is 12.8. The summed E-state index contributed by atoms with van der Waals surface area (Å²) >= 11 is 3.49. The van der Waals surface area contributed by atoms with Gasteiger partial charge in [0.1, 0.15) is 11.6 Å². The average Bonchev–Trinajstić information content (AvgIpc) is 2.27. The average molecular weight is 300 g/mol. The molecular weight excluding hydrogens is 282 g/mol. The molecule has 0 saturated carbocycles. The van der Waals surface area contributed by atoms with E-state index in [2.05, 4.69) is 44.6 Å². The van der Waals surface area contributed by atoms with Gasteiger partial charge in [-0.2, -0.15) is 0 Å². The number of nitrogens with zero attached hydrogens (tertiary/aromatic N) is 3. The van der Waals surface area contributed by atoms with Crippen molar-refractivity contribution in [2.75, 3.05) is 23.3 Å². The SMILES string of the molecule is Cc1nccc(N2CC(CBr)OC(C)(C)C2)n1. The molecule has 0 aromatic carbocycles. The van der Waals surface area contributed by atoms with Gasteiger partial charge in [-0.15, -0.1) is 0 Å². The van der Waals surface area contributed by atoms with Gasteiger partial charge in [0.05, 0.1) is 11.7 Å². The van der Waals surface area contributed by atoms with Gasteiger partial charge in [0.15, 0.2) is 0 Å². The van der Waals surface area contributed by atoms with Crippen molar-refractivity contribution in [2.24, 2.45) is 0 Å². The first-order valence-electron chi connectivity index (χ1n) is 5.78. The van der Waals surface area contributed by atoms with Crippen LogP contribution in [0.25, 0.3) is 0 Å². The van der Waals surface area contributed by atoms with Crippen LogP contribution in [0.5, 0.6) is 0 Å². The number of hydrogen-bond donors (Lipinski definition) is 0. The van der Waals surface area contributed by atoms with Gasteiger partial charge < -0.3 is 9.64 Å². The van der Waals surface area contributed by atoms with Crippen LogP contribution in [-0.2, 0) is 4.74 Å². The highest BCUT2D eigenvalue weighted by atomic mass is 79.9. The van der Waals surface area contributed by atoms with Crippen molar-refractivity contribution in [3.05, 3.63) is 18.1 Å². The minimum absolute atomic E-state index is 0.143. The first-order valence-corrected chi connectivity index (χ1v) is 6.91. The van der Waals surface area contributed by atoms with Crippen LogP contribution in [0.3, 0.4) is 0 Å². The zero-order chi connectivity index (χ0) is 12.5. The summed E-state index contributed by atoms with van der Waals surface area (Å²) in [5, 5.41) is 0.844.